The molecular formula is C11H12F3NO3. The van der Waals surface area contributed by atoms with E-state index in [-0.39, 0.29) is 6.42 Å². The molecule has 1 amide bonds. The average Bonchev–Trinajstić information content (AvgIpc) is 2.27. The van der Waals surface area contributed by atoms with Crippen molar-refractivity contribution in [2.75, 3.05) is 13.7 Å². The molecule has 0 fully saturated rings. The summed E-state index contributed by atoms with van der Waals surface area (Å²) in [7, 11) is 1.48. The highest BCUT2D eigenvalue weighted by Gasteiger charge is 2.28. The van der Waals surface area contributed by atoms with Gasteiger partial charge in [-0.2, -0.15) is 13.2 Å². The van der Waals surface area contributed by atoms with Gasteiger partial charge in [-0.15, -0.1) is 0 Å². The summed E-state index contributed by atoms with van der Waals surface area (Å²) in [6, 6.07) is 6.65. The van der Waals surface area contributed by atoms with Crippen LogP contribution in [0.15, 0.2) is 24.3 Å². The van der Waals surface area contributed by atoms with Gasteiger partial charge in [-0.05, 0) is 17.7 Å². The number of nitrogens with one attached hydrogen (secondary N) is 1. The Balaban J connectivity index is 2.40. The monoisotopic (exact) mass is 263 g/mol. The lowest BCUT2D eigenvalue weighted by Crippen LogP contribution is -2.30. The number of rotatable bonds is 5. The molecule has 18 heavy (non-hydrogen) atoms. The molecule has 1 rings (SSSR count). The van der Waals surface area contributed by atoms with Crippen LogP contribution in [-0.4, -0.2) is 25.8 Å². The molecule has 4 nitrogen and oxygen atoms in total. The van der Waals surface area contributed by atoms with Crippen molar-refractivity contribution in [1.82, 2.24) is 5.48 Å². The van der Waals surface area contributed by atoms with Crippen LogP contribution in [0.3, 0.4) is 0 Å². The highest BCUT2D eigenvalue weighted by atomic mass is 19.4. The first-order valence-electron chi connectivity index (χ1n) is 5.01. The summed E-state index contributed by atoms with van der Waals surface area (Å²) >= 11 is 0. The molecule has 0 bridgehead atoms. The van der Waals surface area contributed by atoms with Crippen molar-refractivity contribution in [3.63, 3.8) is 0 Å². The van der Waals surface area contributed by atoms with Crippen molar-refractivity contribution in [2.24, 2.45) is 0 Å². The topological polar surface area (TPSA) is 47.6 Å². The predicted molar refractivity (Wildman–Crippen MR) is 56.8 cm³/mol. The second-order valence-electron chi connectivity index (χ2n) is 3.46. The maximum atomic E-state index is 11.7. The van der Waals surface area contributed by atoms with Crippen LogP contribution in [-0.2, 0) is 16.1 Å². The molecule has 1 aromatic rings. The maximum Gasteiger partial charge on any atom is 0.414 e. The summed E-state index contributed by atoms with van der Waals surface area (Å²) in [5.41, 5.74) is 2.34. The molecule has 0 saturated carbocycles. The first kappa shape index (κ1) is 14.3. The van der Waals surface area contributed by atoms with Gasteiger partial charge in [-0.25, -0.2) is 5.48 Å². The zero-order valence-electron chi connectivity index (χ0n) is 9.58. The van der Waals surface area contributed by atoms with Crippen molar-refractivity contribution in [2.45, 2.75) is 12.6 Å². The van der Waals surface area contributed by atoms with E-state index in [1.165, 1.54) is 7.11 Å². The molecule has 1 N–H and O–H groups in total. The SMILES string of the molecule is COc1cccc(CC(=O)NOCC(F)(F)F)c1. The fourth-order valence-electron chi connectivity index (χ4n) is 1.20. The number of amides is 1. The summed E-state index contributed by atoms with van der Waals surface area (Å²) in [6.07, 6.45) is -4.56. The number of hydrogen-bond acceptors (Lipinski definition) is 3. The minimum atomic E-state index is -4.47. The third kappa shape index (κ3) is 5.53. The molecule has 0 aliphatic heterocycles. The van der Waals surface area contributed by atoms with Crippen LogP contribution in [0.2, 0.25) is 0 Å². The van der Waals surface area contributed by atoms with Crippen LogP contribution in [0.1, 0.15) is 5.56 Å². The lowest BCUT2D eigenvalue weighted by atomic mass is 10.1. The number of carbonyl (C=O) groups is 1. The number of hydrogen-bond donors (Lipinski definition) is 1. The Morgan fingerprint density at radius 2 is 2.11 bits per heavy atom. The first-order valence-corrected chi connectivity index (χ1v) is 5.01. The summed E-state index contributed by atoms with van der Waals surface area (Å²) in [5, 5.41) is 0. The van der Waals surface area contributed by atoms with E-state index < -0.39 is 18.7 Å². The van der Waals surface area contributed by atoms with E-state index >= 15 is 0 Å². The van der Waals surface area contributed by atoms with Crippen molar-refractivity contribution in [3.8, 4) is 5.75 Å². The smallest absolute Gasteiger partial charge is 0.414 e. The average molecular weight is 263 g/mol. The van der Waals surface area contributed by atoms with Gasteiger partial charge in [0.25, 0.3) is 0 Å². The number of halogens is 3. The van der Waals surface area contributed by atoms with E-state index in [1.54, 1.807) is 29.7 Å². The molecule has 0 atom stereocenters. The Bertz CT molecular complexity index is 407. The quantitative estimate of drug-likeness (QED) is 0.825. The molecule has 0 aromatic heterocycles. The zero-order valence-corrected chi connectivity index (χ0v) is 9.58. The van der Waals surface area contributed by atoms with Crippen molar-refractivity contribution in [1.29, 1.82) is 0 Å². The van der Waals surface area contributed by atoms with E-state index in [0.717, 1.165) is 0 Å². The second-order valence-corrected chi connectivity index (χ2v) is 3.46. The van der Waals surface area contributed by atoms with E-state index in [4.69, 9.17) is 4.74 Å². The summed E-state index contributed by atoms with van der Waals surface area (Å²) in [5.74, 6) is -0.0935. The molecule has 0 aliphatic rings. The van der Waals surface area contributed by atoms with Crippen LogP contribution in [0.4, 0.5) is 13.2 Å². The molecule has 0 spiro atoms. The number of alkyl halides is 3. The highest BCUT2D eigenvalue weighted by Crippen LogP contribution is 2.14. The Morgan fingerprint density at radius 3 is 2.72 bits per heavy atom. The predicted octanol–water partition coefficient (Wildman–Crippen LogP) is 1.85. The van der Waals surface area contributed by atoms with Gasteiger partial charge in [0.1, 0.15) is 5.75 Å². The van der Waals surface area contributed by atoms with Crippen LogP contribution >= 0.6 is 0 Å². The first-order chi connectivity index (χ1) is 8.40. The number of methoxy groups -OCH3 is 1. The van der Waals surface area contributed by atoms with Crippen LogP contribution in [0.5, 0.6) is 5.75 Å². The lowest BCUT2D eigenvalue weighted by molar-refractivity contribution is -0.191. The van der Waals surface area contributed by atoms with Gasteiger partial charge < -0.3 is 4.74 Å². The molecule has 7 heteroatoms. The number of benzene rings is 1. The number of hydroxylamine groups is 1. The minimum absolute atomic E-state index is 0.0882. The third-order valence-corrected chi connectivity index (χ3v) is 1.92. The van der Waals surface area contributed by atoms with Crippen LogP contribution in [0, 0.1) is 0 Å². The summed E-state index contributed by atoms with van der Waals surface area (Å²) in [6.45, 7) is -1.52. The Kier molecular flexibility index (Phi) is 4.96. The molecular weight excluding hydrogens is 251 g/mol. The molecule has 1 aromatic carbocycles. The van der Waals surface area contributed by atoms with Crippen molar-refractivity contribution in [3.05, 3.63) is 29.8 Å². The molecule has 0 unspecified atom stereocenters. The Hall–Kier alpha value is -1.76. The molecule has 0 heterocycles. The minimum Gasteiger partial charge on any atom is -0.497 e. The standard InChI is InChI=1S/C11H12F3NO3/c1-17-9-4-2-3-8(5-9)6-10(16)15-18-7-11(12,13)14/h2-5H,6-7H2,1H3,(H,15,16). The maximum absolute atomic E-state index is 11.7. The van der Waals surface area contributed by atoms with Gasteiger partial charge >= 0.3 is 6.18 Å². The van der Waals surface area contributed by atoms with Crippen LogP contribution in [0.25, 0.3) is 0 Å². The summed E-state index contributed by atoms with van der Waals surface area (Å²) < 4.78 is 40.2. The third-order valence-electron chi connectivity index (χ3n) is 1.92. The van der Waals surface area contributed by atoms with Gasteiger partial charge in [0, 0.05) is 0 Å². The van der Waals surface area contributed by atoms with Gasteiger partial charge in [0.05, 0.1) is 13.5 Å². The fraction of sp³-hybridized carbons (Fsp3) is 0.364. The van der Waals surface area contributed by atoms with E-state index in [0.29, 0.717) is 11.3 Å². The molecule has 0 radical (unpaired) electrons. The van der Waals surface area contributed by atoms with Crippen molar-refractivity contribution < 1.29 is 27.5 Å². The fourth-order valence-corrected chi connectivity index (χ4v) is 1.20. The van der Waals surface area contributed by atoms with Crippen LogP contribution < -0.4 is 10.2 Å². The second kappa shape index (κ2) is 6.25. The van der Waals surface area contributed by atoms with E-state index in [2.05, 4.69) is 4.84 Å². The molecule has 0 saturated heterocycles. The Labute approximate surface area is 102 Å². The molecule has 100 valence electrons. The van der Waals surface area contributed by atoms with Gasteiger partial charge in [0.2, 0.25) is 5.91 Å². The number of carbonyl (C=O) groups excluding carboxylic acids is 1. The lowest BCUT2D eigenvalue weighted by Gasteiger charge is -2.08. The van der Waals surface area contributed by atoms with E-state index in [1.807, 2.05) is 0 Å². The molecule has 0 aliphatic carbocycles. The summed E-state index contributed by atoms with van der Waals surface area (Å²) in [4.78, 5) is 15.3. The van der Waals surface area contributed by atoms with Crippen molar-refractivity contribution >= 4 is 5.91 Å². The van der Waals surface area contributed by atoms with Gasteiger partial charge in [-0.1, -0.05) is 12.1 Å². The zero-order chi connectivity index (χ0) is 13.6. The largest absolute Gasteiger partial charge is 0.497 e. The number of ether oxygens (including phenoxy) is 1. The van der Waals surface area contributed by atoms with E-state index in [9.17, 15) is 18.0 Å². The normalized spacial score (nSPS) is 11.1. The van der Waals surface area contributed by atoms with Gasteiger partial charge in [-0.3, -0.25) is 9.63 Å². The Morgan fingerprint density at radius 1 is 1.39 bits per heavy atom. The highest BCUT2D eigenvalue weighted by molar-refractivity contribution is 5.77. The van der Waals surface area contributed by atoms with Gasteiger partial charge in [0.15, 0.2) is 6.61 Å².